The second kappa shape index (κ2) is 17.7. The number of rotatable bonds is 17. The molecule has 0 aliphatic heterocycles. The van der Waals surface area contributed by atoms with Crippen molar-refractivity contribution in [3.8, 4) is 0 Å². The quantitative estimate of drug-likeness (QED) is 0.338. The summed E-state index contributed by atoms with van der Waals surface area (Å²) in [6.07, 6.45) is 16.0. The molecule has 2 atom stereocenters. The van der Waals surface area contributed by atoms with Crippen molar-refractivity contribution in [2.45, 2.75) is 90.9 Å². The summed E-state index contributed by atoms with van der Waals surface area (Å²) < 4.78 is 23.0. The first-order valence-electron chi connectivity index (χ1n) is 9.40. The Morgan fingerprint density at radius 1 is 0.500 bits per heavy atom. The van der Waals surface area contributed by atoms with Gasteiger partial charge in [0.15, 0.2) is 0 Å². The monoisotopic (exact) mass is 350 g/mol. The molecule has 0 fully saturated rings. The standard InChI is InChI=1S/C18H38O2S2/c1-3-5-6-7-8-9-10-11-12-13-14-15-16-22(20)18-17-21(19)4-2/h3-18H2,1-2H3. The summed E-state index contributed by atoms with van der Waals surface area (Å²) in [4.78, 5) is 0. The average Bonchev–Trinajstić information content (AvgIpc) is 2.53. The van der Waals surface area contributed by atoms with Crippen molar-refractivity contribution in [3.05, 3.63) is 0 Å². The van der Waals surface area contributed by atoms with E-state index in [1.165, 1.54) is 70.6 Å². The maximum absolute atomic E-state index is 11.7. The van der Waals surface area contributed by atoms with Gasteiger partial charge in [0.05, 0.1) is 0 Å². The highest BCUT2D eigenvalue weighted by atomic mass is 32.2. The first kappa shape index (κ1) is 22.3. The zero-order valence-electron chi connectivity index (χ0n) is 14.9. The van der Waals surface area contributed by atoms with Gasteiger partial charge in [0.1, 0.15) is 0 Å². The molecule has 0 spiro atoms. The second-order valence-electron chi connectivity index (χ2n) is 6.17. The van der Waals surface area contributed by atoms with Crippen LogP contribution in [-0.4, -0.2) is 31.4 Å². The predicted octanol–water partition coefficient (Wildman–Crippen LogP) is 5.20. The average molecular weight is 351 g/mol. The fraction of sp³-hybridized carbons (Fsp3) is 1.00. The van der Waals surface area contributed by atoms with Crippen molar-refractivity contribution in [2.75, 3.05) is 23.0 Å². The van der Waals surface area contributed by atoms with Crippen molar-refractivity contribution in [3.63, 3.8) is 0 Å². The molecule has 0 heterocycles. The van der Waals surface area contributed by atoms with Gasteiger partial charge in [0.25, 0.3) is 0 Å². The van der Waals surface area contributed by atoms with E-state index in [2.05, 4.69) is 6.92 Å². The van der Waals surface area contributed by atoms with Gasteiger partial charge in [0, 0.05) is 44.6 Å². The molecular weight excluding hydrogens is 312 g/mol. The second-order valence-corrected chi connectivity index (χ2v) is 9.73. The molecule has 0 aromatic rings. The summed E-state index contributed by atoms with van der Waals surface area (Å²) in [5.74, 6) is 2.73. The van der Waals surface area contributed by atoms with Gasteiger partial charge in [-0.2, -0.15) is 0 Å². The molecule has 0 rings (SSSR count). The Kier molecular flexibility index (Phi) is 17.9. The van der Waals surface area contributed by atoms with Crippen LogP contribution in [0.15, 0.2) is 0 Å². The fourth-order valence-corrected chi connectivity index (χ4v) is 5.04. The summed E-state index contributed by atoms with van der Waals surface area (Å²) >= 11 is 0. The Bertz CT molecular complexity index is 280. The topological polar surface area (TPSA) is 34.1 Å². The Morgan fingerprint density at radius 3 is 1.36 bits per heavy atom. The first-order valence-corrected chi connectivity index (χ1v) is 12.4. The summed E-state index contributed by atoms with van der Waals surface area (Å²) in [5.41, 5.74) is 0. The Balaban J connectivity index is 3.16. The van der Waals surface area contributed by atoms with Crippen LogP contribution >= 0.6 is 0 Å². The highest BCUT2D eigenvalue weighted by Gasteiger charge is 2.03. The summed E-state index contributed by atoms with van der Waals surface area (Å²) in [6.45, 7) is 4.19. The minimum Gasteiger partial charge on any atom is -0.260 e. The molecule has 22 heavy (non-hydrogen) atoms. The van der Waals surface area contributed by atoms with Crippen LogP contribution in [0.5, 0.6) is 0 Å². The zero-order chi connectivity index (χ0) is 16.5. The van der Waals surface area contributed by atoms with Crippen molar-refractivity contribution in [2.24, 2.45) is 0 Å². The molecule has 2 nitrogen and oxygen atoms in total. The highest BCUT2D eigenvalue weighted by molar-refractivity contribution is 7.88. The van der Waals surface area contributed by atoms with Gasteiger partial charge in [-0.1, -0.05) is 84.5 Å². The minimum absolute atomic E-state index is 0.612. The summed E-state index contributed by atoms with van der Waals surface area (Å²) in [7, 11) is -1.51. The smallest absolute Gasteiger partial charge is 0.0350 e. The van der Waals surface area contributed by atoms with Crippen LogP contribution in [0.25, 0.3) is 0 Å². The maximum Gasteiger partial charge on any atom is 0.0350 e. The van der Waals surface area contributed by atoms with E-state index in [-0.39, 0.29) is 0 Å². The summed E-state index contributed by atoms with van der Waals surface area (Å²) in [5, 5.41) is 0. The highest BCUT2D eigenvalue weighted by Crippen LogP contribution is 2.12. The lowest BCUT2D eigenvalue weighted by Crippen LogP contribution is -2.11. The molecule has 2 unspecified atom stereocenters. The Morgan fingerprint density at radius 2 is 0.909 bits per heavy atom. The fourth-order valence-electron chi connectivity index (χ4n) is 2.54. The largest absolute Gasteiger partial charge is 0.260 e. The normalized spacial score (nSPS) is 14.1. The van der Waals surface area contributed by atoms with E-state index < -0.39 is 21.6 Å². The number of hydrogen-bond acceptors (Lipinski definition) is 2. The minimum atomic E-state index is -0.758. The molecule has 0 radical (unpaired) electrons. The van der Waals surface area contributed by atoms with Crippen molar-refractivity contribution in [1.82, 2.24) is 0 Å². The molecule has 0 aromatic heterocycles. The van der Waals surface area contributed by atoms with Crippen LogP contribution in [0.1, 0.15) is 90.9 Å². The van der Waals surface area contributed by atoms with Crippen LogP contribution in [-0.2, 0) is 21.6 Å². The molecule has 0 bridgehead atoms. The number of hydrogen-bond donors (Lipinski definition) is 0. The molecule has 0 aliphatic carbocycles. The van der Waals surface area contributed by atoms with Crippen molar-refractivity contribution >= 4 is 21.6 Å². The Hall–Kier alpha value is 0.300. The van der Waals surface area contributed by atoms with E-state index in [4.69, 9.17) is 0 Å². The first-order chi connectivity index (χ1) is 10.7. The third-order valence-electron chi connectivity index (χ3n) is 4.09. The summed E-state index contributed by atoms with van der Waals surface area (Å²) in [6, 6.07) is 0. The molecule has 0 aliphatic rings. The molecular formula is C18H38O2S2. The zero-order valence-corrected chi connectivity index (χ0v) is 16.6. The van der Waals surface area contributed by atoms with E-state index in [1.54, 1.807) is 0 Å². The molecule has 0 N–H and O–H groups in total. The number of unbranched alkanes of at least 4 members (excludes halogenated alkanes) is 11. The van der Waals surface area contributed by atoms with E-state index >= 15 is 0 Å². The molecule has 0 aromatic carbocycles. The lowest BCUT2D eigenvalue weighted by atomic mass is 10.1. The van der Waals surface area contributed by atoms with Gasteiger partial charge < -0.3 is 0 Å². The van der Waals surface area contributed by atoms with Crippen molar-refractivity contribution < 1.29 is 8.42 Å². The van der Waals surface area contributed by atoms with Crippen molar-refractivity contribution in [1.29, 1.82) is 0 Å². The molecule has 0 amide bonds. The predicted molar refractivity (Wildman–Crippen MR) is 103 cm³/mol. The molecule has 134 valence electrons. The molecule has 0 saturated carbocycles. The van der Waals surface area contributed by atoms with Gasteiger partial charge in [-0.3, -0.25) is 8.42 Å². The lowest BCUT2D eigenvalue weighted by molar-refractivity contribution is 0.548. The SMILES string of the molecule is CCCCCCCCCCCCCCS(=O)CCS(=O)CC. The van der Waals surface area contributed by atoms with Crippen LogP contribution in [0.2, 0.25) is 0 Å². The maximum atomic E-state index is 11.7. The van der Waals surface area contributed by atoms with Crippen LogP contribution in [0.3, 0.4) is 0 Å². The van der Waals surface area contributed by atoms with Gasteiger partial charge in [-0.25, -0.2) is 0 Å². The van der Waals surface area contributed by atoms with Crippen LogP contribution in [0.4, 0.5) is 0 Å². The molecule has 0 saturated heterocycles. The van der Waals surface area contributed by atoms with Crippen LogP contribution < -0.4 is 0 Å². The van der Waals surface area contributed by atoms with E-state index in [0.717, 1.165) is 12.2 Å². The van der Waals surface area contributed by atoms with Gasteiger partial charge in [-0.05, 0) is 6.42 Å². The lowest BCUT2D eigenvalue weighted by Gasteiger charge is -2.03. The van der Waals surface area contributed by atoms with E-state index in [1.807, 2.05) is 6.92 Å². The third-order valence-corrected chi connectivity index (χ3v) is 7.05. The third kappa shape index (κ3) is 16.7. The van der Waals surface area contributed by atoms with E-state index in [0.29, 0.717) is 17.3 Å². The molecule has 4 heteroatoms. The van der Waals surface area contributed by atoms with Gasteiger partial charge in [-0.15, -0.1) is 0 Å². The van der Waals surface area contributed by atoms with Gasteiger partial charge >= 0.3 is 0 Å². The van der Waals surface area contributed by atoms with E-state index in [9.17, 15) is 8.42 Å². The van der Waals surface area contributed by atoms with Gasteiger partial charge in [0.2, 0.25) is 0 Å². The Labute approximate surface area is 144 Å². The van der Waals surface area contributed by atoms with Crippen LogP contribution in [0, 0.1) is 0 Å².